The molecule has 21 heavy (non-hydrogen) atoms. The first-order valence-corrected chi connectivity index (χ1v) is 6.99. The molecule has 0 spiro atoms. The molecule has 3 rings (SSSR count). The molecule has 1 aliphatic rings. The van der Waals surface area contributed by atoms with E-state index < -0.39 is 0 Å². The van der Waals surface area contributed by atoms with E-state index in [0.717, 1.165) is 0 Å². The number of aldehydes is 1. The van der Waals surface area contributed by atoms with Crippen LogP contribution in [0, 0.1) is 0 Å². The number of fused-ring (bicyclic) bond motifs is 1. The Kier molecular flexibility index (Phi) is 3.86. The summed E-state index contributed by atoms with van der Waals surface area (Å²) in [6.07, 6.45) is 0.651. The van der Waals surface area contributed by atoms with Crippen LogP contribution >= 0.6 is 11.6 Å². The molecule has 0 saturated carbocycles. The maximum absolute atomic E-state index is 12.4. The Morgan fingerprint density at radius 3 is 2.76 bits per heavy atom. The van der Waals surface area contributed by atoms with Gasteiger partial charge in [0.15, 0.2) is 6.29 Å². The number of amides is 1. The van der Waals surface area contributed by atoms with E-state index in [4.69, 9.17) is 16.3 Å². The molecular weight excluding hydrogens is 292 g/mol. The Morgan fingerprint density at radius 2 is 2.05 bits per heavy atom. The maximum atomic E-state index is 12.4. The number of halogens is 1. The first-order valence-electron chi connectivity index (χ1n) is 6.61. The van der Waals surface area contributed by atoms with Crippen molar-refractivity contribution < 1.29 is 14.3 Å². The number of rotatable bonds is 2. The third kappa shape index (κ3) is 2.75. The van der Waals surface area contributed by atoms with Gasteiger partial charge in [-0.15, -0.1) is 0 Å². The number of nitrogens with zero attached hydrogens (tertiary/aromatic N) is 2. The number of benzene rings is 1. The fraction of sp³-hybridized carbons (Fsp3) is 0.267. The molecule has 0 radical (unpaired) electrons. The summed E-state index contributed by atoms with van der Waals surface area (Å²) in [7, 11) is 0. The van der Waals surface area contributed by atoms with Crippen molar-refractivity contribution in [1.29, 1.82) is 0 Å². The predicted octanol–water partition coefficient (Wildman–Crippen LogP) is 2.17. The molecule has 0 unspecified atom stereocenters. The van der Waals surface area contributed by atoms with Crippen LogP contribution in [0.1, 0.15) is 20.8 Å². The summed E-state index contributed by atoms with van der Waals surface area (Å²) in [6, 6.07) is 6.64. The van der Waals surface area contributed by atoms with Gasteiger partial charge in [0, 0.05) is 24.0 Å². The van der Waals surface area contributed by atoms with Gasteiger partial charge in [0.1, 0.15) is 5.69 Å². The van der Waals surface area contributed by atoms with Gasteiger partial charge in [-0.25, -0.2) is 4.98 Å². The molecule has 0 atom stereocenters. The molecule has 2 aromatic rings. The molecule has 6 heteroatoms. The summed E-state index contributed by atoms with van der Waals surface area (Å²) in [6.45, 7) is 2.30. The zero-order valence-electron chi connectivity index (χ0n) is 11.2. The topological polar surface area (TPSA) is 59.5 Å². The average Bonchev–Trinajstić information content (AvgIpc) is 2.54. The quantitative estimate of drug-likeness (QED) is 0.798. The van der Waals surface area contributed by atoms with E-state index in [0.29, 0.717) is 54.1 Å². The summed E-state index contributed by atoms with van der Waals surface area (Å²) in [5, 5.41) is 1.08. The summed E-state index contributed by atoms with van der Waals surface area (Å²) in [4.78, 5) is 29.1. The van der Waals surface area contributed by atoms with Crippen molar-refractivity contribution >= 4 is 34.7 Å². The highest BCUT2D eigenvalue weighted by Crippen LogP contribution is 2.24. The molecule has 1 amide bonds. The van der Waals surface area contributed by atoms with Gasteiger partial charge in [-0.2, -0.15) is 0 Å². The number of hydrogen-bond donors (Lipinski definition) is 0. The van der Waals surface area contributed by atoms with E-state index in [1.54, 1.807) is 23.1 Å². The molecule has 108 valence electrons. The molecular formula is C15H13ClN2O3. The van der Waals surface area contributed by atoms with Crippen LogP contribution in [0.3, 0.4) is 0 Å². The highest BCUT2D eigenvalue weighted by atomic mass is 35.5. The number of morpholine rings is 1. The summed E-state index contributed by atoms with van der Waals surface area (Å²) in [5.41, 5.74) is 1.44. The van der Waals surface area contributed by atoms with Gasteiger partial charge >= 0.3 is 0 Å². The van der Waals surface area contributed by atoms with Crippen molar-refractivity contribution in [1.82, 2.24) is 9.88 Å². The van der Waals surface area contributed by atoms with Crippen LogP contribution < -0.4 is 0 Å². The first-order chi connectivity index (χ1) is 10.2. The van der Waals surface area contributed by atoms with Crippen molar-refractivity contribution in [3.05, 3.63) is 40.5 Å². The Balaban J connectivity index is 1.98. The van der Waals surface area contributed by atoms with Gasteiger partial charge in [0.05, 0.1) is 23.8 Å². The van der Waals surface area contributed by atoms with Crippen molar-refractivity contribution in [2.24, 2.45) is 0 Å². The van der Waals surface area contributed by atoms with Crippen LogP contribution in [0.5, 0.6) is 0 Å². The Labute approximate surface area is 126 Å². The summed E-state index contributed by atoms with van der Waals surface area (Å²) < 4.78 is 5.24. The standard InChI is InChI=1S/C15H13ClN2O3/c16-13-8-11(9-19)17-14-2-1-10(7-12(13)14)15(20)18-3-5-21-6-4-18/h1-2,7-9H,3-6H2. The third-order valence-electron chi connectivity index (χ3n) is 3.44. The lowest BCUT2D eigenvalue weighted by Gasteiger charge is -2.26. The van der Waals surface area contributed by atoms with E-state index in [9.17, 15) is 9.59 Å². The largest absolute Gasteiger partial charge is 0.378 e. The fourth-order valence-electron chi connectivity index (χ4n) is 2.35. The number of carbonyl (C=O) groups is 2. The smallest absolute Gasteiger partial charge is 0.254 e. The second-order valence-electron chi connectivity index (χ2n) is 4.78. The van der Waals surface area contributed by atoms with E-state index in [2.05, 4.69) is 4.98 Å². The minimum Gasteiger partial charge on any atom is -0.378 e. The Hall–Kier alpha value is -1.98. The van der Waals surface area contributed by atoms with E-state index in [1.807, 2.05) is 0 Å². The minimum absolute atomic E-state index is 0.0456. The molecule has 1 aromatic carbocycles. The van der Waals surface area contributed by atoms with Gasteiger partial charge in [-0.05, 0) is 24.3 Å². The Bertz CT molecular complexity index is 711. The highest BCUT2D eigenvalue weighted by Gasteiger charge is 2.19. The molecule has 5 nitrogen and oxygen atoms in total. The van der Waals surface area contributed by atoms with Gasteiger partial charge in [0.2, 0.25) is 0 Å². The zero-order chi connectivity index (χ0) is 14.8. The monoisotopic (exact) mass is 304 g/mol. The van der Waals surface area contributed by atoms with Gasteiger partial charge in [-0.3, -0.25) is 9.59 Å². The molecule has 0 aliphatic carbocycles. The van der Waals surface area contributed by atoms with Crippen LogP contribution in [-0.2, 0) is 4.74 Å². The molecule has 1 aliphatic heterocycles. The fourth-order valence-corrected chi connectivity index (χ4v) is 2.61. The molecule has 1 aromatic heterocycles. The van der Waals surface area contributed by atoms with Crippen LogP contribution in [-0.4, -0.2) is 48.4 Å². The number of hydrogen-bond acceptors (Lipinski definition) is 4. The van der Waals surface area contributed by atoms with Gasteiger partial charge in [0.25, 0.3) is 5.91 Å². The van der Waals surface area contributed by atoms with Crippen LogP contribution in [0.25, 0.3) is 10.9 Å². The normalized spacial score (nSPS) is 15.2. The molecule has 1 fully saturated rings. The number of ether oxygens (including phenoxy) is 1. The molecule has 0 N–H and O–H groups in total. The van der Waals surface area contributed by atoms with E-state index in [-0.39, 0.29) is 11.6 Å². The lowest BCUT2D eigenvalue weighted by atomic mass is 10.1. The predicted molar refractivity (Wildman–Crippen MR) is 78.9 cm³/mol. The molecule has 1 saturated heterocycles. The zero-order valence-corrected chi connectivity index (χ0v) is 12.0. The summed E-state index contributed by atoms with van der Waals surface area (Å²) in [5.74, 6) is -0.0456. The third-order valence-corrected chi connectivity index (χ3v) is 3.76. The van der Waals surface area contributed by atoms with Crippen molar-refractivity contribution in [3.63, 3.8) is 0 Å². The van der Waals surface area contributed by atoms with E-state index >= 15 is 0 Å². The van der Waals surface area contributed by atoms with Gasteiger partial charge in [-0.1, -0.05) is 11.6 Å². The second kappa shape index (κ2) is 5.79. The lowest BCUT2D eigenvalue weighted by Crippen LogP contribution is -2.40. The Morgan fingerprint density at radius 1 is 1.29 bits per heavy atom. The molecule has 2 heterocycles. The van der Waals surface area contributed by atoms with Gasteiger partial charge < -0.3 is 9.64 Å². The second-order valence-corrected chi connectivity index (χ2v) is 5.19. The summed E-state index contributed by atoms with van der Waals surface area (Å²) >= 11 is 6.16. The van der Waals surface area contributed by atoms with Crippen LogP contribution in [0.2, 0.25) is 5.02 Å². The van der Waals surface area contributed by atoms with E-state index in [1.165, 1.54) is 6.07 Å². The number of pyridine rings is 1. The lowest BCUT2D eigenvalue weighted by molar-refractivity contribution is 0.0303. The maximum Gasteiger partial charge on any atom is 0.254 e. The highest BCUT2D eigenvalue weighted by molar-refractivity contribution is 6.35. The SMILES string of the molecule is O=Cc1cc(Cl)c2cc(C(=O)N3CCOCC3)ccc2n1. The number of aromatic nitrogens is 1. The van der Waals surface area contributed by atoms with Crippen molar-refractivity contribution in [2.45, 2.75) is 0 Å². The first kappa shape index (κ1) is 14.0. The van der Waals surface area contributed by atoms with Crippen LogP contribution in [0.15, 0.2) is 24.3 Å². The number of carbonyl (C=O) groups excluding carboxylic acids is 2. The van der Waals surface area contributed by atoms with Crippen molar-refractivity contribution in [3.8, 4) is 0 Å². The average molecular weight is 305 g/mol. The van der Waals surface area contributed by atoms with Crippen molar-refractivity contribution in [2.75, 3.05) is 26.3 Å². The molecule has 0 bridgehead atoms. The minimum atomic E-state index is -0.0456. The van der Waals surface area contributed by atoms with Crippen LogP contribution in [0.4, 0.5) is 0 Å².